The molecule has 8 nitrogen and oxygen atoms in total. The molecule has 1 saturated heterocycles. The van der Waals surface area contributed by atoms with Crippen LogP contribution in [-0.2, 0) is 10.2 Å². The Labute approximate surface area is 199 Å². The Kier molecular flexibility index (Phi) is 6.67. The number of anilines is 3. The Balaban J connectivity index is 1.50. The summed E-state index contributed by atoms with van der Waals surface area (Å²) in [5, 5.41) is 5.74. The van der Waals surface area contributed by atoms with Crippen molar-refractivity contribution >= 4 is 39.1 Å². The van der Waals surface area contributed by atoms with Gasteiger partial charge in [0.1, 0.15) is 0 Å². The standard InChI is InChI=1S/C25H26N4O4S/c1-17-9-10-20(16-23(17)28-24(30)19-7-4-3-5-8-19)27-25(31)22-12-11-21(15-18(22)2)29-14-6-13-26-34(29,32)33/h3-5,7-12,15-16,26H,6,13-14H2,1-2H3,(H,27,31)(H,28,30). The van der Waals surface area contributed by atoms with Crippen molar-refractivity contribution in [3.05, 3.63) is 89.0 Å². The Hall–Kier alpha value is -3.69. The zero-order valence-corrected chi connectivity index (χ0v) is 19.8. The number of carbonyl (C=O) groups excluding carboxylic acids is 2. The van der Waals surface area contributed by atoms with Crippen molar-refractivity contribution in [2.45, 2.75) is 20.3 Å². The minimum absolute atomic E-state index is 0.235. The van der Waals surface area contributed by atoms with Gasteiger partial charge < -0.3 is 10.6 Å². The van der Waals surface area contributed by atoms with E-state index in [0.717, 1.165) is 5.56 Å². The maximum atomic E-state index is 12.9. The minimum atomic E-state index is -3.57. The van der Waals surface area contributed by atoms with E-state index >= 15 is 0 Å². The van der Waals surface area contributed by atoms with E-state index in [2.05, 4.69) is 15.4 Å². The van der Waals surface area contributed by atoms with E-state index in [1.54, 1.807) is 61.5 Å². The molecule has 2 amide bonds. The summed E-state index contributed by atoms with van der Waals surface area (Å²) in [4.78, 5) is 25.5. The number of hydrogen-bond donors (Lipinski definition) is 3. The zero-order valence-electron chi connectivity index (χ0n) is 19.0. The number of carbonyl (C=O) groups is 2. The lowest BCUT2D eigenvalue weighted by Gasteiger charge is -2.29. The SMILES string of the molecule is Cc1ccc(NC(=O)c2ccc(N3CCCNS3(=O)=O)cc2C)cc1NC(=O)c1ccccc1. The highest BCUT2D eigenvalue weighted by Crippen LogP contribution is 2.25. The lowest BCUT2D eigenvalue weighted by Crippen LogP contribution is -2.47. The van der Waals surface area contributed by atoms with Crippen molar-refractivity contribution < 1.29 is 18.0 Å². The van der Waals surface area contributed by atoms with Gasteiger partial charge in [0.2, 0.25) is 0 Å². The van der Waals surface area contributed by atoms with Crippen LogP contribution >= 0.6 is 0 Å². The molecule has 0 spiro atoms. The van der Waals surface area contributed by atoms with Crippen molar-refractivity contribution in [2.24, 2.45) is 0 Å². The largest absolute Gasteiger partial charge is 0.322 e. The smallest absolute Gasteiger partial charge is 0.301 e. The second-order valence-electron chi connectivity index (χ2n) is 8.13. The normalized spacial score (nSPS) is 14.9. The molecule has 0 saturated carbocycles. The monoisotopic (exact) mass is 478 g/mol. The third-order valence-corrected chi connectivity index (χ3v) is 7.18. The topological polar surface area (TPSA) is 108 Å². The fourth-order valence-corrected chi connectivity index (χ4v) is 5.08. The molecule has 176 valence electrons. The molecular weight excluding hydrogens is 452 g/mol. The van der Waals surface area contributed by atoms with Gasteiger partial charge in [0, 0.05) is 35.6 Å². The minimum Gasteiger partial charge on any atom is -0.322 e. The highest BCUT2D eigenvalue weighted by atomic mass is 32.2. The van der Waals surface area contributed by atoms with Crippen LogP contribution < -0.4 is 19.7 Å². The lowest BCUT2D eigenvalue weighted by atomic mass is 10.1. The predicted molar refractivity (Wildman–Crippen MR) is 134 cm³/mol. The number of aryl methyl sites for hydroxylation is 2. The zero-order chi connectivity index (χ0) is 24.3. The van der Waals surface area contributed by atoms with Crippen molar-refractivity contribution in [1.82, 2.24) is 4.72 Å². The number of hydrogen-bond acceptors (Lipinski definition) is 4. The summed E-state index contributed by atoms with van der Waals surface area (Å²) in [6.07, 6.45) is 0.705. The first kappa shape index (κ1) is 23.5. The number of amides is 2. The van der Waals surface area contributed by atoms with Gasteiger partial charge >= 0.3 is 10.2 Å². The number of rotatable bonds is 5. The van der Waals surface area contributed by atoms with Crippen LogP contribution in [0.25, 0.3) is 0 Å². The summed E-state index contributed by atoms with van der Waals surface area (Å²) in [6.45, 7) is 4.45. The van der Waals surface area contributed by atoms with Crippen LogP contribution in [0.3, 0.4) is 0 Å². The second-order valence-corrected chi connectivity index (χ2v) is 9.81. The number of nitrogens with one attached hydrogen (secondary N) is 3. The quantitative estimate of drug-likeness (QED) is 0.518. The Morgan fingerprint density at radius 3 is 2.35 bits per heavy atom. The van der Waals surface area contributed by atoms with E-state index in [1.807, 2.05) is 19.1 Å². The molecule has 4 rings (SSSR count). The van der Waals surface area contributed by atoms with Gasteiger partial charge in [-0.2, -0.15) is 13.1 Å². The van der Waals surface area contributed by atoms with Gasteiger partial charge in [-0.1, -0.05) is 24.3 Å². The highest BCUT2D eigenvalue weighted by molar-refractivity contribution is 7.90. The summed E-state index contributed by atoms with van der Waals surface area (Å²) in [6, 6.07) is 19.1. The highest BCUT2D eigenvalue weighted by Gasteiger charge is 2.26. The van der Waals surface area contributed by atoms with Gasteiger partial charge in [0.15, 0.2) is 0 Å². The van der Waals surface area contributed by atoms with Crippen molar-refractivity contribution in [2.75, 3.05) is 28.0 Å². The maximum Gasteiger partial charge on any atom is 0.301 e. The fourth-order valence-electron chi connectivity index (χ4n) is 3.76. The van der Waals surface area contributed by atoms with Gasteiger partial charge in [0.05, 0.1) is 5.69 Å². The molecule has 0 atom stereocenters. The molecule has 0 unspecified atom stereocenters. The predicted octanol–water partition coefficient (Wildman–Crippen LogP) is 3.85. The molecule has 0 aliphatic carbocycles. The number of nitrogens with zero attached hydrogens (tertiary/aromatic N) is 1. The van der Waals surface area contributed by atoms with Crippen LogP contribution in [0.4, 0.5) is 17.1 Å². The van der Waals surface area contributed by atoms with E-state index in [1.165, 1.54) is 4.31 Å². The van der Waals surface area contributed by atoms with Gasteiger partial charge in [-0.25, -0.2) is 0 Å². The van der Waals surface area contributed by atoms with Gasteiger partial charge in [0.25, 0.3) is 11.8 Å². The van der Waals surface area contributed by atoms with Crippen molar-refractivity contribution in [3.63, 3.8) is 0 Å². The summed E-state index contributed by atoms with van der Waals surface area (Å²) in [7, 11) is -3.57. The first-order chi connectivity index (χ1) is 16.2. The van der Waals surface area contributed by atoms with Crippen LogP contribution in [0.1, 0.15) is 38.3 Å². The lowest BCUT2D eigenvalue weighted by molar-refractivity contribution is 0.101. The van der Waals surface area contributed by atoms with Crippen LogP contribution in [0.15, 0.2) is 66.7 Å². The summed E-state index contributed by atoms with van der Waals surface area (Å²) in [5.41, 5.74) is 4.13. The molecule has 1 fully saturated rings. The van der Waals surface area contributed by atoms with E-state index in [9.17, 15) is 18.0 Å². The van der Waals surface area contributed by atoms with E-state index < -0.39 is 10.2 Å². The second kappa shape index (κ2) is 9.66. The molecule has 1 aliphatic heterocycles. The summed E-state index contributed by atoms with van der Waals surface area (Å²) < 4.78 is 28.4. The first-order valence-electron chi connectivity index (χ1n) is 10.9. The molecule has 1 aliphatic rings. The van der Waals surface area contributed by atoms with Crippen LogP contribution in [0, 0.1) is 13.8 Å². The number of benzene rings is 3. The average molecular weight is 479 g/mol. The van der Waals surface area contributed by atoms with Crippen LogP contribution in [-0.4, -0.2) is 33.3 Å². The molecule has 0 radical (unpaired) electrons. The van der Waals surface area contributed by atoms with Crippen LogP contribution in [0.2, 0.25) is 0 Å². The molecule has 3 aromatic carbocycles. The summed E-state index contributed by atoms with van der Waals surface area (Å²) in [5.74, 6) is -0.561. The van der Waals surface area contributed by atoms with E-state index in [4.69, 9.17) is 0 Å². The van der Waals surface area contributed by atoms with Gasteiger partial charge in [-0.05, 0) is 73.9 Å². The molecule has 9 heteroatoms. The third kappa shape index (κ3) is 5.11. The summed E-state index contributed by atoms with van der Waals surface area (Å²) >= 11 is 0. The Morgan fingerprint density at radius 1 is 0.882 bits per heavy atom. The molecule has 0 aromatic heterocycles. The molecule has 34 heavy (non-hydrogen) atoms. The Bertz CT molecular complexity index is 1340. The fraction of sp³-hybridized carbons (Fsp3) is 0.200. The van der Waals surface area contributed by atoms with E-state index in [-0.39, 0.29) is 11.8 Å². The first-order valence-corrected chi connectivity index (χ1v) is 12.3. The van der Waals surface area contributed by atoms with Crippen LogP contribution in [0.5, 0.6) is 0 Å². The van der Waals surface area contributed by atoms with Crippen molar-refractivity contribution in [3.8, 4) is 0 Å². The average Bonchev–Trinajstić information content (AvgIpc) is 2.81. The van der Waals surface area contributed by atoms with Crippen molar-refractivity contribution in [1.29, 1.82) is 0 Å². The Morgan fingerprint density at radius 2 is 1.65 bits per heavy atom. The molecule has 0 bridgehead atoms. The molecule has 3 aromatic rings. The molecule has 3 N–H and O–H groups in total. The molecule has 1 heterocycles. The molecular formula is C25H26N4O4S. The maximum absolute atomic E-state index is 12.9. The van der Waals surface area contributed by atoms with Gasteiger partial charge in [-0.3, -0.25) is 13.9 Å². The van der Waals surface area contributed by atoms with E-state index in [0.29, 0.717) is 53.3 Å². The van der Waals surface area contributed by atoms with Gasteiger partial charge in [-0.15, -0.1) is 0 Å². The third-order valence-electron chi connectivity index (χ3n) is 5.63.